The predicted octanol–water partition coefficient (Wildman–Crippen LogP) is 3.15. The number of benzene rings is 1. The smallest absolute Gasteiger partial charge is 0.365 e. The molecular formula is C10H9ClF3NO. The van der Waals surface area contributed by atoms with Gasteiger partial charge in [0.15, 0.2) is 0 Å². The molecule has 6 heteroatoms. The van der Waals surface area contributed by atoms with Gasteiger partial charge < -0.3 is 4.90 Å². The van der Waals surface area contributed by atoms with Gasteiger partial charge in [0.1, 0.15) is 12.8 Å². The Hall–Kier alpha value is -1.23. The SMILES string of the molecule is CN(CC(F)(F)F)c1ccc(C=O)cc1Cl. The van der Waals surface area contributed by atoms with Crippen molar-refractivity contribution in [1.82, 2.24) is 0 Å². The number of alkyl halides is 3. The van der Waals surface area contributed by atoms with E-state index < -0.39 is 12.7 Å². The fraction of sp³-hybridized carbons (Fsp3) is 0.300. The zero-order valence-corrected chi connectivity index (χ0v) is 9.14. The molecule has 0 heterocycles. The second-order valence-electron chi connectivity index (χ2n) is 3.30. The van der Waals surface area contributed by atoms with Crippen LogP contribution in [-0.4, -0.2) is 26.1 Å². The quantitative estimate of drug-likeness (QED) is 0.769. The summed E-state index contributed by atoms with van der Waals surface area (Å²) in [5.41, 5.74) is 0.568. The van der Waals surface area contributed by atoms with Gasteiger partial charge in [-0.3, -0.25) is 4.79 Å². The van der Waals surface area contributed by atoms with Gasteiger partial charge in [0.25, 0.3) is 0 Å². The van der Waals surface area contributed by atoms with Crippen LogP contribution in [0.25, 0.3) is 0 Å². The lowest BCUT2D eigenvalue weighted by atomic mass is 10.2. The minimum Gasteiger partial charge on any atom is -0.365 e. The highest BCUT2D eigenvalue weighted by Gasteiger charge is 2.29. The van der Waals surface area contributed by atoms with Crippen LogP contribution in [0.5, 0.6) is 0 Å². The summed E-state index contributed by atoms with van der Waals surface area (Å²) in [5, 5.41) is 0.122. The molecule has 0 radical (unpaired) electrons. The van der Waals surface area contributed by atoms with Gasteiger partial charge in [-0.25, -0.2) is 0 Å². The van der Waals surface area contributed by atoms with E-state index in [9.17, 15) is 18.0 Å². The lowest BCUT2D eigenvalue weighted by Gasteiger charge is -2.22. The molecule has 0 fully saturated rings. The Balaban J connectivity index is 2.92. The normalized spacial score (nSPS) is 11.3. The van der Waals surface area contributed by atoms with Crippen LogP contribution < -0.4 is 4.90 Å². The third-order valence-corrected chi connectivity index (χ3v) is 2.24. The number of halogens is 4. The summed E-state index contributed by atoms with van der Waals surface area (Å²) >= 11 is 5.76. The highest BCUT2D eigenvalue weighted by molar-refractivity contribution is 6.33. The van der Waals surface area contributed by atoms with Gasteiger partial charge in [-0.2, -0.15) is 13.2 Å². The van der Waals surface area contributed by atoms with Crippen LogP contribution in [0.3, 0.4) is 0 Å². The Morgan fingerprint density at radius 2 is 2.06 bits per heavy atom. The van der Waals surface area contributed by atoms with Gasteiger partial charge >= 0.3 is 6.18 Å². The van der Waals surface area contributed by atoms with Gasteiger partial charge in [0, 0.05) is 12.6 Å². The van der Waals surface area contributed by atoms with E-state index in [1.54, 1.807) is 0 Å². The number of hydrogen-bond donors (Lipinski definition) is 0. The average molecular weight is 252 g/mol. The number of rotatable bonds is 3. The van der Waals surface area contributed by atoms with Crippen molar-refractivity contribution in [2.75, 3.05) is 18.5 Å². The number of carbonyl (C=O) groups excluding carboxylic acids is 1. The molecule has 0 unspecified atom stereocenters. The lowest BCUT2D eigenvalue weighted by molar-refractivity contribution is -0.119. The van der Waals surface area contributed by atoms with Crippen LogP contribution in [-0.2, 0) is 0 Å². The van der Waals surface area contributed by atoms with Crippen LogP contribution in [0.2, 0.25) is 5.02 Å². The standard InChI is InChI=1S/C10H9ClF3NO/c1-15(6-10(12,13)14)9-3-2-7(5-16)4-8(9)11/h2-5H,6H2,1H3. The zero-order chi connectivity index (χ0) is 12.3. The lowest BCUT2D eigenvalue weighted by Crippen LogP contribution is -2.31. The van der Waals surface area contributed by atoms with Crippen molar-refractivity contribution in [1.29, 1.82) is 0 Å². The van der Waals surface area contributed by atoms with Crippen LogP contribution in [0, 0.1) is 0 Å². The average Bonchev–Trinajstić information content (AvgIpc) is 2.14. The molecule has 1 rings (SSSR count). The third-order valence-electron chi connectivity index (χ3n) is 1.94. The summed E-state index contributed by atoms with van der Waals surface area (Å²) in [6.45, 7) is -1.09. The van der Waals surface area contributed by atoms with E-state index in [-0.39, 0.29) is 10.7 Å². The first-order chi connectivity index (χ1) is 7.33. The summed E-state index contributed by atoms with van der Waals surface area (Å²) < 4.78 is 36.4. The molecule has 0 aromatic heterocycles. The topological polar surface area (TPSA) is 20.3 Å². The first kappa shape index (κ1) is 12.8. The fourth-order valence-electron chi connectivity index (χ4n) is 1.26. The number of carbonyl (C=O) groups is 1. The molecule has 0 N–H and O–H groups in total. The molecule has 0 bridgehead atoms. The molecule has 1 aromatic rings. The Morgan fingerprint density at radius 3 is 2.50 bits per heavy atom. The molecule has 0 aliphatic rings. The fourth-order valence-corrected chi connectivity index (χ4v) is 1.59. The largest absolute Gasteiger partial charge is 0.405 e. The molecule has 0 atom stereocenters. The number of nitrogens with zero attached hydrogens (tertiary/aromatic N) is 1. The molecule has 0 saturated carbocycles. The van der Waals surface area contributed by atoms with Gasteiger partial charge in [-0.1, -0.05) is 11.6 Å². The van der Waals surface area contributed by atoms with Crippen molar-refractivity contribution in [3.8, 4) is 0 Å². The van der Waals surface area contributed by atoms with E-state index >= 15 is 0 Å². The molecule has 0 aliphatic heterocycles. The summed E-state index contributed by atoms with van der Waals surface area (Å²) in [4.78, 5) is 11.4. The Bertz CT molecular complexity index is 392. The molecule has 0 spiro atoms. The first-order valence-corrected chi connectivity index (χ1v) is 4.74. The predicted molar refractivity (Wildman–Crippen MR) is 56.2 cm³/mol. The number of hydrogen-bond acceptors (Lipinski definition) is 2. The summed E-state index contributed by atoms with van der Waals surface area (Å²) in [7, 11) is 1.29. The maximum atomic E-state index is 12.1. The first-order valence-electron chi connectivity index (χ1n) is 4.36. The van der Waals surface area contributed by atoms with Crippen molar-refractivity contribution in [3.05, 3.63) is 28.8 Å². The maximum absolute atomic E-state index is 12.1. The molecular weight excluding hydrogens is 243 g/mol. The molecule has 16 heavy (non-hydrogen) atoms. The van der Waals surface area contributed by atoms with E-state index in [0.29, 0.717) is 11.8 Å². The minimum absolute atomic E-state index is 0.122. The zero-order valence-electron chi connectivity index (χ0n) is 8.38. The highest BCUT2D eigenvalue weighted by atomic mass is 35.5. The molecule has 2 nitrogen and oxygen atoms in total. The molecule has 1 aromatic carbocycles. The highest BCUT2D eigenvalue weighted by Crippen LogP contribution is 2.28. The molecule has 0 aliphatic carbocycles. The van der Waals surface area contributed by atoms with Gasteiger partial charge in [0.05, 0.1) is 10.7 Å². The molecule has 0 amide bonds. The number of anilines is 1. The number of aldehydes is 1. The van der Waals surface area contributed by atoms with E-state index in [1.165, 1.54) is 25.2 Å². The minimum atomic E-state index is -4.29. The summed E-state index contributed by atoms with van der Waals surface area (Å²) in [6.07, 6.45) is -3.71. The Labute approximate surface area is 95.6 Å². The molecule has 88 valence electrons. The second-order valence-corrected chi connectivity index (χ2v) is 3.71. The van der Waals surface area contributed by atoms with Crippen LogP contribution in [0.15, 0.2) is 18.2 Å². The van der Waals surface area contributed by atoms with Crippen LogP contribution >= 0.6 is 11.6 Å². The van der Waals surface area contributed by atoms with Crippen molar-refractivity contribution >= 4 is 23.6 Å². The van der Waals surface area contributed by atoms with Gasteiger partial charge in [0.2, 0.25) is 0 Å². The second kappa shape index (κ2) is 4.74. The summed E-state index contributed by atoms with van der Waals surface area (Å²) in [6, 6.07) is 4.13. The van der Waals surface area contributed by atoms with E-state index in [1.807, 2.05) is 0 Å². The van der Waals surface area contributed by atoms with Crippen molar-refractivity contribution in [2.45, 2.75) is 6.18 Å². The van der Waals surface area contributed by atoms with Gasteiger partial charge in [-0.15, -0.1) is 0 Å². The third kappa shape index (κ3) is 3.41. The van der Waals surface area contributed by atoms with Crippen molar-refractivity contribution in [3.63, 3.8) is 0 Å². The van der Waals surface area contributed by atoms with Crippen LogP contribution in [0.4, 0.5) is 18.9 Å². The maximum Gasteiger partial charge on any atom is 0.405 e. The Kier molecular flexibility index (Phi) is 3.80. The van der Waals surface area contributed by atoms with E-state index in [4.69, 9.17) is 11.6 Å². The molecule has 0 saturated heterocycles. The Morgan fingerprint density at radius 1 is 1.44 bits per heavy atom. The van der Waals surface area contributed by atoms with Crippen LogP contribution in [0.1, 0.15) is 10.4 Å². The van der Waals surface area contributed by atoms with Crippen molar-refractivity contribution < 1.29 is 18.0 Å². The van der Waals surface area contributed by atoms with Crippen molar-refractivity contribution in [2.24, 2.45) is 0 Å². The van der Waals surface area contributed by atoms with E-state index in [0.717, 1.165) is 4.90 Å². The monoisotopic (exact) mass is 251 g/mol. The summed E-state index contributed by atoms with van der Waals surface area (Å²) in [5.74, 6) is 0. The van der Waals surface area contributed by atoms with Gasteiger partial charge in [-0.05, 0) is 18.2 Å². The van der Waals surface area contributed by atoms with E-state index in [2.05, 4.69) is 0 Å².